The number of nitrogens with zero attached hydrogens (tertiary/aromatic N) is 4. The Hall–Kier alpha value is -0.970. The molecule has 1 aromatic rings. The molecule has 2 rings (SSSR count). The van der Waals surface area contributed by atoms with Gasteiger partial charge in [-0.2, -0.15) is 4.80 Å². The maximum absolute atomic E-state index is 4.09. The highest BCUT2D eigenvalue weighted by Crippen LogP contribution is 2.12. The summed E-state index contributed by atoms with van der Waals surface area (Å²) >= 11 is 0. The van der Waals surface area contributed by atoms with Crippen LogP contribution in [-0.4, -0.2) is 33.3 Å². The van der Waals surface area contributed by atoms with Gasteiger partial charge in [-0.1, -0.05) is 0 Å². The number of aromatic nitrogens is 4. The molecule has 0 atom stereocenters. The second-order valence-corrected chi connectivity index (χ2v) is 2.49. The van der Waals surface area contributed by atoms with Crippen molar-refractivity contribution in [2.45, 2.75) is 5.92 Å². The zero-order valence-corrected chi connectivity index (χ0v) is 5.78. The molecule has 0 spiro atoms. The Labute approximate surface area is 58.4 Å². The minimum atomic E-state index is 0.494. The highest BCUT2D eigenvalue weighted by molar-refractivity contribution is 4.99. The van der Waals surface area contributed by atoms with Gasteiger partial charge in [-0.25, -0.2) is 0 Å². The number of hydrogen-bond donors (Lipinski definition) is 1. The smallest absolute Gasteiger partial charge is 0.180 e. The number of nitrogens with one attached hydrogen (secondary N) is 1. The van der Waals surface area contributed by atoms with E-state index in [1.54, 1.807) is 7.05 Å². The summed E-state index contributed by atoms with van der Waals surface area (Å²) in [5.41, 5.74) is 0. The Bertz CT molecular complexity index is 226. The number of tetrazole rings is 1. The molecule has 2 heterocycles. The van der Waals surface area contributed by atoms with Gasteiger partial charge in [0.1, 0.15) is 0 Å². The first-order chi connectivity index (χ1) is 4.86. The molecule has 0 aliphatic carbocycles. The second kappa shape index (κ2) is 2.02. The minimum Gasteiger partial charge on any atom is -0.315 e. The number of aryl methyl sites for hydroxylation is 1. The average Bonchev–Trinajstić information content (AvgIpc) is 2.10. The predicted molar refractivity (Wildman–Crippen MR) is 34.4 cm³/mol. The van der Waals surface area contributed by atoms with Crippen LogP contribution in [0.5, 0.6) is 0 Å². The predicted octanol–water partition coefficient (Wildman–Crippen LogP) is -1.10. The van der Waals surface area contributed by atoms with Crippen molar-refractivity contribution in [2.75, 3.05) is 13.1 Å². The average molecular weight is 139 g/mol. The molecule has 54 valence electrons. The molecule has 1 aliphatic heterocycles. The van der Waals surface area contributed by atoms with E-state index in [1.807, 2.05) is 0 Å². The van der Waals surface area contributed by atoms with E-state index in [0.717, 1.165) is 18.9 Å². The topological polar surface area (TPSA) is 55.6 Å². The molecule has 5 nitrogen and oxygen atoms in total. The quantitative estimate of drug-likeness (QED) is 0.536. The molecule has 0 radical (unpaired) electrons. The van der Waals surface area contributed by atoms with E-state index in [0.29, 0.717) is 5.92 Å². The van der Waals surface area contributed by atoms with Gasteiger partial charge in [0.25, 0.3) is 0 Å². The standard InChI is InChI=1S/C5H9N5/c1-10-8-5(7-9-10)4-2-6-3-4/h4,6H,2-3H2,1H3. The lowest BCUT2D eigenvalue weighted by Gasteiger charge is -2.23. The van der Waals surface area contributed by atoms with Crippen molar-refractivity contribution in [3.8, 4) is 0 Å². The highest BCUT2D eigenvalue weighted by atomic mass is 15.6. The van der Waals surface area contributed by atoms with Crippen LogP contribution in [0.15, 0.2) is 0 Å². The first kappa shape index (κ1) is 5.79. The van der Waals surface area contributed by atoms with E-state index in [2.05, 4.69) is 20.7 Å². The molecule has 1 aliphatic rings. The van der Waals surface area contributed by atoms with Crippen LogP contribution in [0.1, 0.15) is 11.7 Å². The van der Waals surface area contributed by atoms with Gasteiger partial charge in [0.05, 0.1) is 7.05 Å². The van der Waals surface area contributed by atoms with E-state index in [-0.39, 0.29) is 0 Å². The van der Waals surface area contributed by atoms with Gasteiger partial charge in [-0.15, -0.1) is 10.2 Å². The molecule has 0 saturated carbocycles. The molecule has 1 aromatic heterocycles. The zero-order chi connectivity index (χ0) is 6.97. The molecule has 1 saturated heterocycles. The summed E-state index contributed by atoms with van der Waals surface area (Å²) in [4.78, 5) is 1.49. The van der Waals surface area contributed by atoms with E-state index >= 15 is 0 Å². The molecule has 5 heteroatoms. The van der Waals surface area contributed by atoms with Gasteiger partial charge in [0, 0.05) is 19.0 Å². The Balaban J connectivity index is 2.17. The van der Waals surface area contributed by atoms with Gasteiger partial charge < -0.3 is 5.32 Å². The second-order valence-electron chi connectivity index (χ2n) is 2.49. The van der Waals surface area contributed by atoms with E-state index in [1.165, 1.54) is 4.80 Å². The summed E-state index contributed by atoms with van der Waals surface area (Å²) in [6, 6.07) is 0. The lowest BCUT2D eigenvalue weighted by Crippen LogP contribution is -2.40. The third-order valence-electron chi connectivity index (χ3n) is 1.67. The lowest BCUT2D eigenvalue weighted by molar-refractivity contribution is 0.428. The molecule has 1 fully saturated rings. The third-order valence-corrected chi connectivity index (χ3v) is 1.67. The van der Waals surface area contributed by atoms with Crippen molar-refractivity contribution in [2.24, 2.45) is 7.05 Å². The van der Waals surface area contributed by atoms with E-state index in [9.17, 15) is 0 Å². The van der Waals surface area contributed by atoms with Crippen molar-refractivity contribution in [1.29, 1.82) is 0 Å². The Morgan fingerprint density at radius 3 is 2.80 bits per heavy atom. The van der Waals surface area contributed by atoms with Gasteiger partial charge in [-0.3, -0.25) is 0 Å². The van der Waals surface area contributed by atoms with Crippen LogP contribution in [0.4, 0.5) is 0 Å². The first-order valence-electron chi connectivity index (χ1n) is 3.31. The van der Waals surface area contributed by atoms with Crippen LogP contribution in [0.25, 0.3) is 0 Å². The van der Waals surface area contributed by atoms with Crippen molar-refractivity contribution in [3.63, 3.8) is 0 Å². The van der Waals surface area contributed by atoms with Gasteiger partial charge in [-0.05, 0) is 5.21 Å². The van der Waals surface area contributed by atoms with Crippen LogP contribution < -0.4 is 5.32 Å². The van der Waals surface area contributed by atoms with Crippen molar-refractivity contribution >= 4 is 0 Å². The zero-order valence-electron chi connectivity index (χ0n) is 5.78. The molecule has 0 unspecified atom stereocenters. The molecule has 0 amide bonds. The Morgan fingerprint density at radius 2 is 2.40 bits per heavy atom. The molecule has 0 bridgehead atoms. The summed E-state index contributed by atoms with van der Waals surface area (Å²) in [6.45, 7) is 1.98. The van der Waals surface area contributed by atoms with Gasteiger partial charge >= 0.3 is 0 Å². The molecule has 10 heavy (non-hydrogen) atoms. The van der Waals surface area contributed by atoms with Crippen LogP contribution >= 0.6 is 0 Å². The van der Waals surface area contributed by atoms with E-state index in [4.69, 9.17) is 0 Å². The normalized spacial score (nSPS) is 18.9. The van der Waals surface area contributed by atoms with Crippen molar-refractivity contribution in [1.82, 2.24) is 25.5 Å². The van der Waals surface area contributed by atoms with Crippen LogP contribution in [0.3, 0.4) is 0 Å². The summed E-state index contributed by atoms with van der Waals surface area (Å²) in [6.07, 6.45) is 0. The molecule has 1 N–H and O–H groups in total. The van der Waals surface area contributed by atoms with Gasteiger partial charge in [0.2, 0.25) is 0 Å². The van der Waals surface area contributed by atoms with Gasteiger partial charge in [0.15, 0.2) is 5.82 Å². The summed E-state index contributed by atoms with van der Waals surface area (Å²) in [5.74, 6) is 1.36. The fraction of sp³-hybridized carbons (Fsp3) is 0.800. The molecular weight excluding hydrogens is 130 g/mol. The summed E-state index contributed by atoms with van der Waals surface area (Å²) < 4.78 is 0. The Morgan fingerprint density at radius 1 is 1.60 bits per heavy atom. The van der Waals surface area contributed by atoms with Crippen LogP contribution in [0, 0.1) is 0 Å². The van der Waals surface area contributed by atoms with Crippen molar-refractivity contribution in [3.05, 3.63) is 5.82 Å². The number of hydrogen-bond acceptors (Lipinski definition) is 4. The minimum absolute atomic E-state index is 0.494. The fourth-order valence-corrected chi connectivity index (χ4v) is 0.933. The lowest BCUT2D eigenvalue weighted by atomic mass is 10.0. The monoisotopic (exact) mass is 139 g/mol. The number of rotatable bonds is 1. The molecular formula is C5H9N5. The van der Waals surface area contributed by atoms with E-state index < -0.39 is 0 Å². The molecule has 0 aromatic carbocycles. The van der Waals surface area contributed by atoms with Crippen molar-refractivity contribution < 1.29 is 0 Å². The third kappa shape index (κ3) is 0.786. The Kier molecular flexibility index (Phi) is 1.17. The maximum Gasteiger partial charge on any atom is 0.180 e. The van der Waals surface area contributed by atoms with Crippen LogP contribution in [0.2, 0.25) is 0 Å². The fourth-order valence-electron chi connectivity index (χ4n) is 0.933. The summed E-state index contributed by atoms with van der Waals surface area (Å²) in [7, 11) is 1.78. The SMILES string of the molecule is Cn1nnc(C2CNC2)n1. The highest BCUT2D eigenvalue weighted by Gasteiger charge is 2.22. The summed E-state index contributed by atoms with van der Waals surface area (Å²) in [5, 5.41) is 14.9. The van der Waals surface area contributed by atoms with Crippen LogP contribution in [-0.2, 0) is 7.05 Å². The largest absolute Gasteiger partial charge is 0.315 e. The maximum atomic E-state index is 4.09. The first-order valence-corrected chi connectivity index (χ1v) is 3.31.